The third-order valence-electron chi connectivity index (χ3n) is 6.31. The van der Waals surface area contributed by atoms with Crippen molar-refractivity contribution in [1.29, 1.82) is 0 Å². The summed E-state index contributed by atoms with van der Waals surface area (Å²) < 4.78 is 10.7. The van der Waals surface area contributed by atoms with Crippen LogP contribution in [0.2, 0.25) is 0 Å². The molecule has 0 saturated carbocycles. The highest BCUT2D eigenvalue weighted by Crippen LogP contribution is 2.34. The predicted octanol–water partition coefficient (Wildman–Crippen LogP) is 2.75. The van der Waals surface area contributed by atoms with E-state index in [9.17, 15) is 14.4 Å². The minimum absolute atomic E-state index is 0.107. The number of ether oxygens (including phenoxy) is 2. The normalized spacial score (nSPS) is 17.4. The lowest BCUT2D eigenvalue weighted by Gasteiger charge is -2.39. The number of carbonyl (C=O) groups is 3. The molecule has 0 aliphatic carbocycles. The average molecular weight is 519 g/mol. The maximum absolute atomic E-state index is 13.2. The van der Waals surface area contributed by atoms with Crippen LogP contribution in [-0.2, 0) is 14.3 Å². The summed E-state index contributed by atoms with van der Waals surface area (Å²) in [6.45, 7) is 10.8. The van der Waals surface area contributed by atoms with Gasteiger partial charge in [-0.05, 0) is 40.5 Å². The fraction of sp³-hybridized carbons (Fsp3) is 0.625. The molecule has 0 unspecified atom stereocenters. The largest absolute Gasteiger partial charge is 0.462 e. The first-order valence-corrected chi connectivity index (χ1v) is 13.2. The van der Waals surface area contributed by atoms with Crippen LogP contribution in [0.4, 0.5) is 16.6 Å². The van der Waals surface area contributed by atoms with Crippen LogP contribution in [0.3, 0.4) is 0 Å². The highest BCUT2D eigenvalue weighted by Gasteiger charge is 2.34. The van der Waals surface area contributed by atoms with Gasteiger partial charge in [-0.2, -0.15) is 4.98 Å². The van der Waals surface area contributed by atoms with Crippen LogP contribution in [0.5, 0.6) is 0 Å². The number of rotatable bonds is 4. The number of amides is 2. The van der Waals surface area contributed by atoms with Gasteiger partial charge in [0, 0.05) is 50.6 Å². The lowest BCUT2D eigenvalue weighted by molar-refractivity contribution is -0.137. The van der Waals surface area contributed by atoms with Crippen LogP contribution < -0.4 is 10.6 Å². The number of fused-ring (bicyclic) bond motifs is 1. The van der Waals surface area contributed by atoms with Crippen molar-refractivity contribution in [2.45, 2.75) is 46.1 Å². The first-order valence-electron chi connectivity index (χ1n) is 12.3. The van der Waals surface area contributed by atoms with E-state index in [1.807, 2.05) is 30.6 Å². The molecule has 11 nitrogen and oxygen atoms in total. The van der Waals surface area contributed by atoms with Crippen molar-refractivity contribution in [3.05, 3.63) is 10.9 Å². The van der Waals surface area contributed by atoms with E-state index >= 15 is 0 Å². The Morgan fingerprint density at radius 1 is 1.06 bits per heavy atom. The Labute approximate surface area is 214 Å². The Hall–Kier alpha value is -3.15. The Morgan fingerprint density at radius 2 is 1.72 bits per heavy atom. The van der Waals surface area contributed by atoms with Crippen LogP contribution >= 0.6 is 11.3 Å². The van der Waals surface area contributed by atoms with Gasteiger partial charge in [0.2, 0.25) is 11.9 Å². The number of hydrogen-bond acceptors (Lipinski definition) is 10. The van der Waals surface area contributed by atoms with Crippen molar-refractivity contribution >= 4 is 51.3 Å². The van der Waals surface area contributed by atoms with Gasteiger partial charge >= 0.3 is 12.1 Å². The smallest absolute Gasteiger partial charge is 0.410 e. The molecule has 36 heavy (non-hydrogen) atoms. The van der Waals surface area contributed by atoms with E-state index in [0.717, 1.165) is 0 Å². The molecule has 0 radical (unpaired) electrons. The molecule has 2 saturated heterocycles. The van der Waals surface area contributed by atoms with Crippen LogP contribution in [0, 0.1) is 5.92 Å². The lowest BCUT2D eigenvalue weighted by atomic mass is 9.95. The van der Waals surface area contributed by atoms with Crippen molar-refractivity contribution in [3.8, 4) is 0 Å². The summed E-state index contributed by atoms with van der Waals surface area (Å²) in [6.07, 6.45) is 0.922. The van der Waals surface area contributed by atoms with Gasteiger partial charge in [0.1, 0.15) is 16.2 Å². The zero-order chi connectivity index (χ0) is 26.0. The molecule has 2 aromatic rings. The standard InChI is InChI=1S/C24H34N6O5S/c1-5-34-21(32)16-14-36-19-17(16)18(26-22(25)27-19)28-10-12-29(13-11-28)20(31)15-6-8-30(9-7-15)23(33)35-24(2,3)4/h14-15H,5-13H2,1-4H3,(H2,25,26,27). The highest BCUT2D eigenvalue weighted by molar-refractivity contribution is 7.17. The molecule has 2 aliphatic heterocycles. The average Bonchev–Trinajstić information content (AvgIpc) is 3.26. The first kappa shape index (κ1) is 25.9. The molecule has 2 fully saturated rings. The zero-order valence-electron chi connectivity index (χ0n) is 21.3. The molecule has 4 heterocycles. The number of nitrogens with zero attached hydrogens (tertiary/aromatic N) is 5. The summed E-state index contributed by atoms with van der Waals surface area (Å²) in [5.41, 5.74) is 5.85. The van der Waals surface area contributed by atoms with Crippen LogP contribution in [0.1, 0.15) is 50.9 Å². The molecular weight excluding hydrogens is 484 g/mol. The summed E-state index contributed by atoms with van der Waals surface area (Å²) in [4.78, 5) is 53.0. The quantitative estimate of drug-likeness (QED) is 0.607. The van der Waals surface area contributed by atoms with E-state index in [1.165, 1.54) is 11.3 Å². The zero-order valence-corrected chi connectivity index (χ0v) is 22.1. The highest BCUT2D eigenvalue weighted by atomic mass is 32.1. The van der Waals surface area contributed by atoms with Gasteiger partial charge in [0.15, 0.2) is 0 Å². The van der Waals surface area contributed by atoms with Crippen molar-refractivity contribution in [1.82, 2.24) is 19.8 Å². The molecule has 12 heteroatoms. The van der Waals surface area contributed by atoms with Gasteiger partial charge in [-0.1, -0.05) is 0 Å². The van der Waals surface area contributed by atoms with E-state index in [4.69, 9.17) is 15.2 Å². The maximum Gasteiger partial charge on any atom is 0.410 e. The number of anilines is 2. The first-order chi connectivity index (χ1) is 17.1. The molecule has 2 aliphatic rings. The second-order valence-electron chi connectivity index (χ2n) is 10.0. The molecule has 4 rings (SSSR count). The summed E-state index contributed by atoms with van der Waals surface area (Å²) in [6, 6.07) is 0. The van der Waals surface area contributed by atoms with E-state index in [2.05, 4.69) is 9.97 Å². The number of hydrogen-bond donors (Lipinski definition) is 1. The summed E-state index contributed by atoms with van der Waals surface area (Å²) in [5.74, 6) is 0.340. The molecule has 0 atom stereocenters. The Balaban J connectivity index is 1.38. The third kappa shape index (κ3) is 5.63. The Morgan fingerprint density at radius 3 is 2.33 bits per heavy atom. The molecular formula is C24H34N6O5S. The fourth-order valence-electron chi connectivity index (χ4n) is 4.56. The summed E-state index contributed by atoms with van der Waals surface area (Å²) in [7, 11) is 0. The van der Waals surface area contributed by atoms with Crippen molar-refractivity contribution in [2.75, 3.05) is 56.5 Å². The summed E-state index contributed by atoms with van der Waals surface area (Å²) >= 11 is 1.33. The number of aromatic nitrogens is 2. The lowest BCUT2D eigenvalue weighted by Crippen LogP contribution is -2.52. The third-order valence-corrected chi connectivity index (χ3v) is 7.19. The van der Waals surface area contributed by atoms with Gasteiger partial charge in [-0.3, -0.25) is 4.79 Å². The van der Waals surface area contributed by atoms with E-state index < -0.39 is 11.6 Å². The SMILES string of the molecule is CCOC(=O)c1csc2nc(N)nc(N3CCN(C(=O)C4CCN(C(=O)OC(C)(C)C)CC4)CC3)c12. The molecule has 2 N–H and O–H groups in total. The predicted molar refractivity (Wildman–Crippen MR) is 137 cm³/mol. The van der Waals surface area contributed by atoms with Crippen LogP contribution in [0.25, 0.3) is 10.2 Å². The number of thiophene rings is 1. The monoisotopic (exact) mass is 518 g/mol. The maximum atomic E-state index is 13.2. The van der Waals surface area contributed by atoms with E-state index in [-0.39, 0.29) is 30.5 Å². The van der Waals surface area contributed by atoms with Crippen LogP contribution in [0.15, 0.2) is 5.38 Å². The van der Waals surface area contributed by atoms with Crippen molar-refractivity contribution in [2.24, 2.45) is 5.92 Å². The van der Waals surface area contributed by atoms with Gasteiger partial charge in [0.05, 0.1) is 17.6 Å². The number of nitrogen functional groups attached to an aromatic ring is 1. The second kappa shape index (κ2) is 10.5. The molecule has 0 aromatic carbocycles. The Bertz CT molecular complexity index is 1130. The number of nitrogens with two attached hydrogens (primary N) is 1. The fourth-order valence-corrected chi connectivity index (χ4v) is 5.47. The van der Waals surface area contributed by atoms with E-state index in [0.29, 0.717) is 73.7 Å². The van der Waals surface area contributed by atoms with E-state index in [1.54, 1.807) is 17.2 Å². The van der Waals surface area contributed by atoms with Gasteiger partial charge in [-0.25, -0.2) is 14.6 Å². The number of carbonyl (C=O) groups excluding carboxylic acids is 3. The molecule has 2 amide bonds. The molecule has 2 aromatic heterocycles. The minimum atomic E-state index is -0.538. The van der Waals surface area contributed by atoms with Crippen molar-refractivity contribution in [3.63, 3.8) is 0 Å². The molecule has 0 bridgehead atoms. The van der Waals surface area contributed by atoms with Gasteiger partial charge in [-0.15, -0.1) is 11.3 Å². The number of piperidine rings is 1. The minimum Gasteiger partial charge on any atom is -0.462 e. The number of piperazine rings is 1. The molecule has 0 spiro atoms. The van der Waals surface area contributed by atoms with Gasteiger partial charge < -0.3 is 29.9 Å². The second-order valence-corrected chi connectivity index (χ2v) is 10.9. The van der Waals surface area contributed by atoms with Gasteiger partial charge in [0.25, 0.3) is 0 Å². The van der Waals surface area contributed by atoms with Crippen LogP contribution in [-0.4, -0.2) is 89.2 Å². The Kier molecular flexibility index (Phi) is 7.53. The number of likely N-dealkylation sites (tertiary alicyclic amines) is 1. The van der Waals surface area contributed by atoms with Crippen molar-refractivity contribution < 1.29 is 23.9 Å². The number of esters is 1. The topological polar surface area (TPSA) is 131 Å². The summed E-state index contributed by atoms with van der Waals surface area (Å²) in [5, 5.41) is 2.37. The molecule has 196 valence electrons.